The van der Waals surface area contributed by atoms with Gasteiger partial charge in [-0.1, -0.05) is 28.9 Å². The van der Waals surface area contributed by atoms with Crippen LogP contribution in [0.1, 0.15) is 12.5 Å². The van der Waals surface area contributed by atoms with Crippen molar-refractivity contribution in [2.75, 3.05) is 13.6 Å². The van der Waals surface area contributed by atoms with Crippen molar-refractivity contribution >= 4 is 15.9 Å². The number of rotatable bonds is 4. The smallest absolute Gasteiger partial charge is 0.159 e. The molecule has 0 amide bonds. The summed E-state index contributed by atoms with van der Waals surface area (Å²) in [6, 6.07) is 4.01. The van der Waals surface area contributed by atoms with Gasteiger partial charge in [0, 0.05) is 17.9 Å². The number of halogens is 3. The Morgan fingerprint density at radius 1 is 1.33 bits per heavy atom. The van der Waals surface area contributed by atoms with E-state index in [0.717, 1.165) is 18.2 Å². The molecule has 1 unspecified atom stereocenters. The van der Waals surface area contributed by atoms with E-state index in [4.69, 9.17) is 0 Å². The van der Waals surface area contributed by atoms with Crippen LogP contribution in [0, 0.1) is 11.6 Å². The highest BCUT2D eigenvalue weighted by atomic mass is 79.9. The Bertz CT molecular complexity index is 328. The van der Waals surface area contributed by atoms with Crippen LogP contribution >= 0.6 is 15.9 Å². The molecule has 4 heteroatoms. The molecule has 1 aromatic rings. The van der Waals surface area contributed by atoms with Gasteiger partial charge in [0.25, 0.3) is 0 Å². The number of nitrogens with zero attached hydrogens (tertiary/aromatic N) is 1. The Kier molecular flexibility index (Phi) is 4.67. The summed E-state index contributed by atoms with van der Waals surface area (Å²) >= 11 is 3.44. The minimum Gasteiger partial charge on any atom is -0.301 e. The molecule has 0 fully saturated rings. The third kappa shape index (κ3) is 4.26. The lowest BCUT2D eigenvalue weighted by Gasteiger charge is -2.18. The predicted octanol–water partition coefficient (Wildman–Crippen LogP) is 3.18. The molecule has 0 aliphatic carbocycles. The molecule has 1 aromatic carbocycles. The Morgan fingerprint density at radius 2 is 2.00 bits per heavy atom. The van der Waals surface area contributed by atoms with Crippen LogP contribution in [-0.2, 0) is 6.54 Å². The highest BCUT2D eigenvalue weighted by molar-refractivity contribution is 9.09. The van der Waals surface area contributed by atoms with Gasteiger partial charge in [-0.15, -0.1) is 0 Å². The summed E-state index contributed by atoms with van der Waals surface area (Å²) in [6.07, 6.45) is 0. The van der Waals surface area contributed by atoms with Gasteiger partial charge in [-0.3, -0.25) is 0 Å². The van der Waals surface area contributed by atoms with E-state index in [1.807, 2.05) is 18.9 Å². The Morgan fingerprint density at radius 3 is 2.53 bits per heavy atom. The quantitative estimate of drug-likeness (QED) is 0.765. The van der Waals surface area contributed by atoms with E-state index < -0.39 is 11.6 Å². The van der Waals surface area contributed by atoms with Crippen LogP contribution in [-0.4, -0.2) is 23.3 Å². The molecule has 0 heterocycles. The normalized spacial score (nSPS) is 13.2. The van der Waals surface area contributed by atoms with Crippen LogP contribution < -0.4 is 0 Å². The van der Waals surface area contributed by atoms with E-state index in [-0.39, 0.29) is 0 Å². The first-order valence-corrected chi connectivity index (χ1v) is 5.67. The summed E-state index contributed by atoms with van der Waals surface area (Å²) in [5, 5.41) is 0. The average molecular weight is 278 g/mol. The second-order valence-corrected chi connectivity index (χ2v) is 5.29. The molecule has 0 N–H and O–H groups in total. The largest absolute Gasteiger partial charge is 0.301 e. The van der Waals surface area contributed by atoms with E-state index in [0.29, 0.717) is 11.4 Å². The molecule has 0 saturated heterocycles. The van der Waals surface area contributed by atoms with E-state index in [1.165, 1.54) is 6.07 Å². The molecule has 0 radical (unpaired) electrons. The van der Waals surface area contributed by atoms with Crippen molar-refractivity contribution in [2.45, 2.75) is 18.3 Å². The first kappa shape index (κ1) is 12.6. The van der Waals surface area contributed by atoms with Gasteiger partial charge >= 0.3 is 0 Å². The molecule has 1 nitrogen and oxygen atoms in total. The molecule has 0 spiro atoms. The maximum atomic E-state index is 12.9. The predicted molar refractivity (Wildman–Crippen MR) is 61.1 cm³/mol. The molecule has 0 aliphatic rings. The van der Waals surface area contributed by atoms with Crippen molar-refractivity contribution in [1.29, 1.82) is 0 Å². The molecule has 15 heavy (non-hydrogen) atoms. The Hall–Kier alpha value is -0.480. The molecule has 1 atom stereocenters. The lowest BCUT2D eigenvalue weighted by atomic mass is 10.2. The lowest BCUT2D eigenvalue weighted by Crippen LogP contribution is -2.24. The summed E-state index contributed by atoms with van der Waals surface area (Å²) in [7, 11) is 1.94. The zero-order valence-corrected chi connectivity index (χ0v) is 10.4. The maximum absolute atomic E-state index is 12.9. The zero-order valence-electron chi connectivity index (χ0n) is 8.80. The zero-order chi connectivity index (χ0) is 11.4. The van der Waals surface area contributed by atoms with E-state index in [9.17, 15) is 8.78 Å². The highest BCUT2D eigenvalue weighted by Crippen LogP contribution is 2.11. The lowest BCUT2D eigenvalue weighted by molar-refractivity contribution is 0.332. The molecule has 0 aromatic heterocycles. The van der Waals surface area contributed by atoms with Crippen molar-refractivity contribution in [1.82, 2.24) is 4.90 Å². The SMILES string of the molecule is CC(Br)CN(C)Cc1ccc(F)c(F)c1. The average Bonchev–Trinajstić information content (AvgIpc) is 2.10. The number of hydrogen-bond donors (Lipinski definition) is 0. The van der Waals surface area contributed by atoms with E-state index >= 15 is 0 Å². The molecular weight excluding hydrogens is 264 g/mol. The molecule has 84 valence electrons. The first-order valence-electron chi connectivity index (χ1n) is 4.75. The van der Waals surface area contributed by atoms with Crippen LogP contribution in [0.25, 0.3) is 0 Å². The Balaban J connectivity index is 2.60. The molecule has 0 saturated carbocycles. The summed E-state index contributed by atoms with van der Waals surface area (Å²) in [5.41, 5.74) is 0.782. The summed E-state index contributed by atoms with van der Waals surface area (Å²) in [6.45, 7) is 3.52. The number of benzene rings is 1. The van der Waals surface area contributed by atoms with E-state index in [2.05, 4.69) is 15.9 Å². The van der Waals surface area contributed by atoms with Gasteiger partial charge < -0.3 is 4.90 Å². The molecule has 0 bridgehead atoms. The summed E-state index contributed by atoms with van der Waals surface area (Å²) < 4.78 is 25.5. The molecular formula is C11H14BrF2N. The van der Waals surface area contributed by atoms with Crippen molar-refractivity contribution in [3.8, 4) is 0 Å². The van der Waals surface area contributed by atoms with Gasteiger partial charge in [-0.25, -0.2) is 8.78 Å². The third-order valence-corrected chi connectivity index (χ3v) is 2.29. The highest BCUT2D eigenvalue weighted by Gasteiger charge is 2.06. The topological polar surface area (TPSA) is 3.24 Å². The minimum absolute atomic E-state index is 0.382. The standard InChI is InChI=1S/C11H14BrF2N/c1-8(12)6-15(2)7-9-3-4-10(13)11(14)5-9/h3-5,8H,6-7H2,1-2H3. The first-order chi connectivity index (χ1) is 6.99. The molecule has 1 rings (SSSR count). The van der Waals surface area contributed by atoms with Crippen molar-refractivity contribution in [2.24, 2.45) is 0 Å². The fraction of sp³-hybridized carbons (Fsp3) is 0.455. The summed E-state index contributed by atoms with van der Waals surface area (Å²) in [4.78, 5) is 2.43. The van der Waals surface area contributed by atoms with Crippen molar-refractivity contribution in [3.63, 3.8) is 0 Å². The van der Waals surface area contributed by atoms with E-state index in [1.54, 1.807) is 6.07 Å². The fourth-order valence-electron chi connectivity index (χ4n) is 1.44. The number of hydrogen-bond acceptors (Lipinski definition) is 1. The monoisotopic (exact) mass is 277 g/mol. The van der Waals surface area contributed by atoms with Crippen LogP contribution in [0.4, 0.5) is 8.78 Å². The van der Waals surface area contributed by atoms with Crippen LogP contribution in [0.2, 0.25) is 0 Å². The molecule has 0 aliphatic heterocycles. The Labute approximate surface area is 97.2 Å². The minimum atomic E-state index is -0.796. The van der Waals surface area contributed by atoms with Crippen LogP contribution in [0.15, 0.2) is 18.2 Å². The van der Waals surface area contributed by atoms with Gasteiger partial charge in [0.2, 0.25) is 0 Å². The third-order valence-electron chi connectivity index (χ3n) is 2.00. The van der Waals surface area contributed by atoms with Crippen molar-refractivity contribution < 1.29 is 8.78 Å². The van der Waals surface area contributed by atoms with Crippen LogP contribution in [0.3, 0.4) is 0 Å². The van der Waals surface area contributed by atoms with Crippen LogP contribution in [0.5, 0.6) is 0 Å². The van der Waals surface area contributed by atoms with Gasteiger partial charge in [0.1, 0.15) is 0 Å². The second kappa shape index (κ2) is 5.56. The van der Waals surface area contributed by atoms with Crippen molar-refractivity contribution in [3.05, 3.63) is 35.4 Å². The van der Waals surface area contributed by atoms with Gasteiger partial charge in [-0.2, -0.15) is 0 Å². The fourth-order valence-corrected chi connectivity index (χ4v) is 1.94. The van der Waals surface area contributed by atoms with Gasteiger partial charge in [0.05, 0.1) is 0 Å². The van der Waals surface area contributed by atoms with Gasteiger partial charge in [0.15, 0.2) is 11.6 Å². The van der Waals surface area contributed by atoms with Gasteiger partial charge in [-0.05, 0) is 24.7 Å². The maximum Gasteiger partial charge on any atom is 0.159 e. The second-order valence-electron chi connectivity index (χ2n) is 3.73. The summed E-state index contributed by atoms with van der Waals surface area (Å²) in [5.74, 6) is -1.58. The number of alkyl halides is 1.